The zero-order chi connectivity index (χ0) is 11.4. The van der Waals surface area contributed by atoms with Crippen molar-refractivity contribution in [2.45, 2.75) is 45.1 Å². The highest BCUT2D eigenvalue weighted by molar-refractivity contribution is 5.26. The number of hydrogen-bond acceptors (Lipinski definition) is 2. The third-order valence-electron chi connectivity index (χ3n) is 3.25. The maximum absolute atomic E-state index is 11.2. The molecule has 3 heteroatoms. The molecule has 2 N–H and O–H groups in total. The second-order valence-electron chi connectivity index (χ2n) is 4.51. The Morgan fingerprint density at radius 3 is 3.19 bits per heavy atom. The van der Waals surface area contributed by atoms with Gasteiger partial charge in [-0.1, -0.05) is 19.4 Å². The van der Waals surface area contributed by atoms with Gasteiger partial charge in [-0.15, -0.1) is 0 Å². The minimum atomic E-state index is 0.0213. The summed E-state index contributed by atoms with van der Waals surface area (Å²) in [5, 5.41) is 3.58. The van der Waals surface area contributed by atoms with Gasteiger partial charge in [0, 0.05) is 17.8 Å². The number of nitrogens with one attached hydrogen (secondary N) is 2. The highest BCUT2D eigenvalue weighted by Gasteiger charge is 2.19. The number of rotatable bonds is 4. The molecular formula is C13H20N2O. The van der Waals surface area contributed by atoms with Crippen LogP contribution in [-0.4, -0.2) is 11.5 Å². The topological polar surface area (TPSA) is 44.9 Å². The Labute approximate surface area is 96.3 Å². The number of aromatic nitrogens is 1. The van der Waals surface area contributed by atoms with E-state index < -0.39 is 0 Å². The fourth-order valence-corrected chi connectivity index (χ4v) is 2.37. The third kappa shape index (κ3) is 2.53. The van der Waals surface area contributed by atoms with Gasteiger partial charge in [-0.05, 0) is 37.8 Å². The summed E-state index contributed by atoms with van der Waals surface area (Å²) in [7, 11) is 0. The lowest BCUT2D eigenvalue weighted by Gasteiger charge is -2.25. The Balaban J connectivity index is 2.10. The molecule has 0 fully saturated rings. The van der Waals surface area contributed by atoms with Gasteiger partial charge in [-0.25, -0.2) is 0 Å². The molecule has 0 saturated heterocycles. The minimum absolute atomic E-state index is 0.0213. The van der Waals surface area contributed by atoms with Crippen LogP contribution in [0, 0.1) is 0 Å². The molecule has 0 amide bonds. The molecule has 1 atom stereocenters. The largest absolute Gasteiger partial charge is 0.326 e. The zero-order valence-electron chi connectivity index (χ0n) is 9.88. The molecule has 1 aromatic heterocycles. The first kappa shape index (κ1) is 11.4. The number of aromatic amines is 1. The average Bonchev–Trinajstić information content (AvgIpc) is 2.29. The average molecular weight is 220 g/mol. The fourth-order valence-electron chi connectivity index (χ4n) is 2.37. The van der Waals surface area contributed by atoms with Crippen molar-refractivity contribution < 1.29 is 0 Å². The van der Waals surface area contributed by atoms with Crippen molar-refractivity contribution in [2.75, 3.05) is 6.54 Å². The van der Waals surface area contributed by atoms with E-state index >= 15 is 0 Å². The maximum Gasteiger partial charge on any atom is 0.248 e. The van der Waals surface area contributed by atoms with Gasteiger partial charge >= 0.3 is 0 Å². The van der Waals surface area contributed by atoms with Crippen LogP contribution in [0.25, 0.3) is 0 Å². The van der Waals surface area contributed by atoms with Crippen molar-refractivity contribution in [1.29, 1.82) is 0 Å². The molecule has 0 aliphatic heterocycles. The smallest absolute Gasteiger partial charge is 0.248 e. The van der Waals surface area contributed by atoms with E-state index in [0.717, 1.165) is 25.1 Å². The van der Waals surface area contributed by atoms with Gasteiger partial charge in [0.1, 0.15) is 0 Å². The van der Waals surface area contributed by atoms with E-state index in [1.807, 2.05) is 6.07 Å². The molecule has 88 valence electrons. The standard InChI is InChI=1S/C13H20N2O/c1-2-3-9-14-11-5-4-6-12-10(11)7-8-13(16)15-12/h7-8,11,14H,2-6,9H2,1H3,(H,15,16)/t11-/m1/s1. The lowest BCUT2D eigenvalue weighted by molar-refractivity contribution is 0.449. The summed E-state index contributed by atoms with van der Waals surface area (Å²) in [4.78, 5) is 14.2. The van der Waals surface area contributed by atoms with Gasteiger partial charge in [0.2, 0.25) is 5.56 Å². The molecule has 0 radical (unpaired) electrons. The number of pyridine rings is 1. The Kier molecular flexibility index (Phi) is 3.78. The SMILES string of the molecule is CCCCN[C@@H]1CCCc2[nH]c(=O)ccc21. The lowest BCUT2D eigenvalue weighted by atomic mass is 9.91. The van der Waals surface area contributed by atoms with Crippen LogP contribution < -0.4 is 10.9 Å². The van der Waals surface area contributed by atoms with Gasteiger partial charge < -0.3 is 10.3 Å². The molecule has 0 saturated carbocycles. The van der Waals surface area contributed by atoms with Crippen LogP contribution in [0.2, 0.25) is 0 Å². The van der Waals surface area contributed by atoms with Crippen molar-refractivity contribution in [1.82, 2.24) is 10.3 Å². The second-order valence-corrected chi connectivity index (χ2v) is 4.51. The van der Waals surface area contributed by atoms with Crippen molar-refractivity contribution in [3.8, 4) is 0 Å². The van der Waals surface area contributed by atoms with Crippen LogP contribution in [0.1, 0.15) is 49.9 Å². The van der Waals surface area contributed by atoms with Gasteiger partial charge in [0.15, 0.2) is 0 Å². The molecule has 0 aromatic carbocycles. The van der Waals surface area contributed by atoms with E-state index in [9.17, 15) is 4.79 Å². The van der Waals surface area contributed by atoms with Crippen LogP contribution in [0.15, 0.2) is 16.9 Å². The van der Waals surface area contributed by atoms with Gasteiger partial charge in [0.25, 0.3) is 0 Å². The summed E-state index contributed by atoms with van der Waals surface area (Å²) in [5.41, 5.74) is 2.45. The molecule has 1 aromatic rings. The number of H-pyrrole nitrogens is 1. The van der Waals surface area contributed by atoms with Gasteiger partial charge in [-0.3, -0.25) is 4.79 Å². The van der Waals surface area contributed by atoms with Crippen LogP contribution in [-0.2, 0) is 6.42 Å². The van der Waals surface area contributed by atoms with E-state index in [1.165, 1.54) is 24.8 Å². The van der Waals surface area contributed by atoms with Crippen LogP contribution >= 0.6 is 0 Å². The van der Waals surface area contributed by atoms with Crippen LogP contribution in [0.4, 0.5) is 0 Å². The molecule has 2 rings (SSSR count). The van der Waals surface area contributed by atoms with Gasteiger partial charge in [0.05, 0.1) is 0 Å². The number of hydrogen-bond donors (Lipinski definition) is 2. The summed E-state index contributed by atoms with van der Waals surface area (Å²) < 4.78 is 0. The first-order chi connectivity index (χ1) is 7.81. The third-order valence-corrected chi connectivity index (χ3v) is 3.25. The van der Waals surface area contributed by atoms with E-state index in [2.05, 4.69) is 17.2 Å². The summed E-state index contributed by atoms with van der Waals surface area (Å²) in [6, 6.07) is 4.06. The molecule has 0 unspecified atom stereocenters. The zero-order valence-corrected chi connectivity index (χ0v) is 9.88. The normalized spacial score (nSPS) is 19.4. The van der Waals surface area contributed by atoms with E-state index in [1.54, 1.807) is 6.07 Å². The summed E-state index contributed by atoms with van der Waals surface area (Å²) in [5.74, 6) is 0. The van der Waals surface area contributed by atoms with Crippen molar-refractivity contribution in [3.63, 3.8) is 0 Å². The fraction of sp³-hybridized carbons (Fsp3) is 0.615. The highest BCUT2D eigenvalue weighted by Crippen LogP contribution is 2.27. The quantitative estimate of drug-likeness (QED) is 0.764. The monoisotopic (exact) mass is 220 g/mol. The lowest BCUT2D eigenvalue weighted by Crippen LogP contribution is -2.28. The summed E-state index contributed by atoms with van der Waals surface area (Å²) in [6.07, 6.45) is 5.80. The first-order valence-corrected chi connectivity index (χ1v) is 6.26. The predicted molar refractivity (Wildman–Crippen MR) is 65.7 cm³/mol. The Morgan fingerprint density at radius 1 is 1.50 bits per heavy atom. The Bertz CT molecular complexity index is 397. The molecule has 1 aliphatic rings. The number of aryl methyl sites for hydroxylation is 1. The second kappa shape index (κ2) is 5.30. The van der Waals surface area contributed by atoms with Crippen molar-refractivity contribution in [3.05, 3.63) is 33.7 Å². The molecule has 3 nitrogen and oxygen atoms in total. The summed E-state index contributed by atoms with van der Waals surface area (Å²) >= 11 is 0. The number of unbranched alkanes of at least 4 members (excludes halogenated alkanes) is 1. The van der Waals surface area contributed by atoms with Gasteiger partial charge in [-0.2, -0.15) is 0 Å². The van der Waals surface area contributed by atoms with Crippen LogP contribution in [0.3, 0.4) is 0 Å². The summed E-state index contributed by atoms with van der Waals surface area (Å²) in [6.45, 7) is 3.27. The number of fused-ring (bicyclic) bond motifs is 1. The van der Waals surface area contributed by atoms with E-state index in [0.29, 0.717) is 6.04 Å². The Hall–Kier alpha value is -1.09. The first-order valence-electron chi connectivity index (χ1n) is 6.26. The van der Waals surface area contributed by atoms with E-state index in [-0.39, 0.29) is 5.56 Å². The molecule has 0 spiro atoms. The molecular weight excluding hydrogens is 200 g/mol. The Morgan fingerprint density at radius 2 is 2.38 bits per heavy atom. The van der Waals surface area contributed by atoms with Crippen LogP contribution in [0.5, 0.6) is 0 Å². The highest BCUT2D eigenvalue weighted by atomic mass is 16.1. The molecule has 0 bridgehead atoms. The minimum Gasteiger partial charge on any atom is -0.326 e. The van der Waals surface area contributed by atoms with Crippen molar-refractivity contribution in [2.24, 2.45) is 0 Å². The molecule has 16 heavy (non-hydrogen) atoms. The predicted octanol–water partition coefficient (Wildman–Crippen LogP) is 2.14. The van der Waals surface area contributed by atoms with E-state index in [4.69, 9.17) is 0 Å². The molecule has 1 aliphatic carbocycles. The van der Waals surface area contributed by atoms with Crippen molar-refractivity contribution >= 4 is 0 Å². The maximum atomic E-state index is 11.2. The molecule has 1 heterocycles.